The predicted molar refractivity (Wildman–Crippen MR) is 68.2 cm³/mol. The van der Waals surface area contributed by atoms with Gasteiger partial charge in [-0.1, -0.05) is 5.16 Å². The van der Waals surface area contributed by atoms with Crippen LogP contribution in [0.5, 0.6) is 0 Å². The fourth-order valence-electron chi connectivity index (χ4n) is 2.66. The molecule has 0 spiro atoms. The quantitative estimate of drug-likeness (QED) is 0.856. The van der Waals surface area contributed by atoms with Crippen molar-refractivity contribution in [3.8, 4) is 0 Å². The average molecular weight is 291 g/mol. The average Bonchev–Trinajstić information content (AvgIpc) is 2.65. The number of rotatable bonds is 3. The number of piperazine rings is 1. The third-order valence-corrected chi connectivity index (χ3v) is 3.59. The first kappa shape index (κ1) is 15.3. The maximum Gasteiger partial charge on any atom is 0.401 e. The molecule has 20 heavy (non-hydrogen) atoms. The largest absolute Gasteiger partial charge is 0.401 e. The van der Waals surface area contributed by atoms with Gasteiger partial charge in [0.15, 0.2) is 0 Å². The first-order chi connectivity index (χ1) is 9.16. The molecule has 0 atom stereocenters. The number of aromatic nitrogens is 1. The summed E-state index contributed by atoms with van der Waals surface area (Å²) in [5.41, 5.74) is 0.496. The van der Waals surface area contributed by atoms with E-state index in [0.29, 0.717) is 26.2 Å². The fourth-order valence-corrected chi connectivity index (χ4v) is 2.66. The summed E-state index contributed by atoms with van der Waals surface area (Å²) in [6.45, 7) is 6.91. The van der Waals surface area contributed by atoms with E-state index in [2.05, 4.69) is 10.1 Å². The van der Waals surface area contributed by atoms with Crippen LogP contribution in [0.3, 0.4) is 0 Å². The van der Waals surface area contributed by atoms with Crippen molar-refractivity contribution in [1.29, 1.82) is 0 Å². The summed E-state index contributed by atoms with van der Waals surface area (Å²) in [4.78, 5) is 3.61. The van der Waals surface area contributed by atoms with E-state index in [9.17, 15) is 13.2 Å². The summed E-state index contributed by atoms with van der Waals surface area (Å²) in [5, 5.41) is 3.94. The van der Waals surface area contributed by atoms with E-state index in [0.717, 1.165) is 11.5 Å². The molecule has 0 radical (unpaired) electrons. The third kappa shape index (κ3) is 3.96. The standard InChI is InChI=1S/C13H20F3N3O/c1-10-6-11(17-20-10)7-19-5-4-18(8-12(19,2)3)9-13(14,15)16/h6H,4-5,7-9H2,1-3H3. The minimum absolute atomic E-state index is 0.323. The van der Waals surface area contributed by atoms with Crippen molar-refractivity contribution in [3.63, 3.8) is 0 Å². The van der Waals surface area contributed by atoms with Crippen molar-refractivity contribution >= 4 is 0 Å². The summed E-state index contributed by atoms with van der Waals surface area (Å²) in [6, 6.07) is 1.86. The van der Waals surface area contributed by atoms with Gasteiger partial charge in [-0.05, 0) is 20.8 Å². The van der Waals surface area contributed by atoms with E-state index < -0.39 is 12.7 Å². The topological polar surface area (TPSA) is 32.5 Å². The van der Waals surface area contributed by atoms with Crippen molar-refractivity contribution in [2.75, 3.05) is 26.2 Å². The Bertz CT molecular complexity index is 456. The Labute approximate surface area is 116 Å². The second-order valence-electron chi connectivity index (χ2n) is 5.99. The molecule has 0 saturated carbocycles. The summed E-state index contributed by atoms with van der Waals surface area (Å²) in [7, 11) is 0. The lowest BCUT2D eigenvalue weighted by atomic mass is 9.98. The molecule has 1 aliphatic rings. The molecule has 0 N–H and O–H groups in total. The van der Waals surface area contributed by atoms with Gasteiger partial charge < -0.3 is 4.52 Å². The number of hydrogen-bond acceptors (Lipinski definition) is 4. The van der Waals surface area contributed by atoms with Crippen LogP contribution in [0.15, 0.2) is 10.6 Å². The molecule has 7 heteroatoms. The van der Waals surface area contributed by atoms with E-state index >= 15 is 0 Å². The van der Waals surface area contributed by atoms with E-state index in [-0.39, 0.29) is 5.54 Å². The van der Waals surface area contributed by atoms with Crippen LogP contribution in [0.4, 0.5) is 13.2 Å². The Hall–Kier alpha value is -1.08. The molecular weight excluding hydrogens is 271 g/mol. The van der Waals surface area contributed by atoms with Crippen molar-refractivity contribution in [3.05, 3.63) is 17.5 Å². The summed E-state index contributed by atoms with van der Waals surface area (Å²) in [6.07, 6.45) is -4.14. The first-order valence-electron chi connectivity index (χ1n) is 6.62. The highest BCUT2D eigenvalue weighted by Gasteiger charge is 2.38. The summed E-state index contributed by atoms with van der Waals surface area (Å²) >= 11 is 0. The Morgan fingerprint density at radius 3 is 2.55 bits per heavy atom. The van der Waals surface area contributed by atoms with Gasteiger partial charge in [0.25, 0.3) is 0 Å². The molecule has 1 aromatic heterocycles. The molecule has 0 bridgehead atoms. The molecule has 1 aliphatic heterocycles. The molecule has 0 aromatic carbocycles. The predicted octanol–water partition coefficient (Wildman–Crippen LogP) is 2.44. The third-order valence-electron chi connectivity index (χ3n) is 3.59. The highest BCUT2D eigenvalue weighted by Crippen LogP contribution is 2.26. The number of nitrogens with zero attached hydrogens (tertiary/aromatic N) is 3. The van der Waals surface area contributed by atoms with Crippen LogP contribution in [0, 0.1) is 6.92 Å². The van der Waals surface area contributed by atoms with E-state index in [4.69, 9.17) is 4.52 Å². The number of hydrogen-bond donors (Lipinski definition) is 0. The zero-order chi connectivity index (χ0) is 15.0. The molecule has 2 rings (SSSR count). The molecule has 4 nitrogen and oxygen atoms in total. The molecular formula is C13H20F3N3O. The monoisotopic (exact) mass is 291 g/mol. The molecule has 0 aliphatic carbocycles. The Morgan fingerprint density at radius 1 is 1.35 bits per heavy atom. The van der Waals surface area contributed by atoms with Crippen LogP contribution in [-0.2, 0) is 6.54 Å². The zero-order valence-corrected chi connectivity index (χ0v) is 12.0. The van der Waals surface area contributed by atoms with Crippen LogP contribution in [-0.4, -0.2) is 52.9 Å². The number of alkyl halides is 3. The second-order valence-corrected chi connectivity index (χ2v) is 5.99. The van der Waals surface area contributed by atoms with E-state index in [1.54, 1.807) is 0 Å². The Balaban J connectivity index is 1.97. The number of aryl methyl sites for hydroxylation is 1. The molecule has 0 unspecified atom stereocenters. The van der Waals surface area contributed by atoms with Crippen LogP contribution >= 0.6 is 0 Å². The van der Waals surface area contributed by atoms with Gasteiger partial charge in [0.05, 0.1) is 12.2 Å². The van der Waals surface area contributed by atoms with Gasteiger partial charge in [0, 0.05) is 37.8 Å². The maximum atomic E-state index is 12.5. The van der Waals surface area contributed by atoms with Gasteiger partial charge in [-0.2, -0.15) is 13.2 Å². The normalized spacial score (nSPS) is 21.3. The van der Waals surface area contributed by atoms with Crippen LogP contribution < -0.4 is 0 Å². The SMILES string of the molecule is Cc1cc(CN2CCN(CC(F)(F)F)CC2(C)C)no1. The van der Waals surface area contributed by atoms with Crippen LogP contribution in [0.2, 0.25) is 0 Å². The van der Waals surface area contributed by atoms with Crippen molar-refractivity contribution < 1.29 is 17.7 Å². The van der Waals surface area contributed by atoms with Gasteiger partial charge in [-0.25, -0.2) is 0 Å². The van der Waals surface area contributed by atoms with Crippen molar-refractivity contribution in [2.24, 2.45) is 0 Å². The molecule has 2 heterocycles. The molecule has 114 valence electrons. The molecule has 1 saturated heterocycles. The molecule has 1 fully saturated rings. The van der Waals surface area contributed by atoms with Gasteiger partial charge in [0.1, 0.15) is 5.76 Å². The van der Waals surface area contributed by atoms with Crippen molar-refractivity contribution in [2.45, 2.75) is 39.0 Å². The van der Waals surface area contributed by atoms with Gasteiger partial charge >= 0.3 is 6.18 Å². The lowest BCUT2D eigenvalue weighted by Crippen LogP contribution is -2.59. The van der Waals surface area contributed by atoms with Crippen molar-refractivity contribution in [1.82, 2.24) is 15.0 Å². The maximum absolute atomic E-state index is 12.5. The minimum Gasteiger partial charge on any atom is -0.361 e. The summed E-state index contributed by atoms with van der Waals surface area (Å²) < 4.78 is 42.4. The molecule has 1 aromatic rings. The highest BCUT2D eigenvalue weighted by molar-refractivity contribution is 5.05. The number of halogens is 3. The lowest BCUT2D eigenvalue weighted by molar-refractivity contribution is -0.155. The highest BCUT2D eigenvalue weighted by atomic mass is 19.4. The smallest absolute Gasteiger partial charge is 0.361 e. The van der Waals surface area contributed by atoms with E-state index in [1.807, 2.05) is 26.8 Å². The Morgan fingerprint density at radius 2 is 2.05 bits per heavy atom. The van der Waals surface area contributed by atoms with Crippen LogP contribution in [0.25, 0.3) is 0 Å². The Kier molecular flexibility index (Phi) is 4.11. The van der Waals surface area contributed by atoms with Gasteiger partial charge in [-0.3, -0.25) is 9.80 Å². The zero-order valence-electron chi connectivity index (χ0n) is 12.0. The minimum atomic E-state index is -4.14. The van der Waals surface area contributed by atoms with E-state index in [1.165, 1.54) is 4.90 Å². The first-order valence-corrected chi connectivity index (χ1v) is 6.62. The fraction of sp³-hybridized carbons (Fsp3) is 0.769. The molecule has 0 amide bonds. The van der Waals surface area contributed by atoms with Gasteiger partial charge in [-0.15, -0.1) is 0 Å². The van der Waals surface area contributed by atoms with Crippen LogP contribution in [0.1, 0.15) is 25.3 Å². The lowest BCUT2D eigenvalue weighted by Gasteiger charge is -2.47. The summed E-state index contributed by atoms with van der Waals surface area (Å²) in [5.74, 6) is 0.744. The van der Waals surface area contributed by atoms with Gasteiger partial charge in [0.2, 0.25) is 0 Å². The second kappa shape index (κ2) is 5.37.